The first kappa shape index (κ1) is 16.5. The van der Waals surface area contributed by atoms with Crippen LogP contribution < -0.4 is 10.9 Å². The predicted octanol–water partition coefficient (Wildman–Crippen LogP) is 1.84. The molecule has 0 aliphatic carbocycles. The van der Waals surface area contributed by atoms with Gasteiger partial charge in [-0.05, 0) is 56.5 Å². The Bertz CT molecular complexity index is 764. The molecule has 128 valence electrons. The molecule has 0 unspecified atom stereocenters. The van der Waals surface area contributed by atoms with Gasteiger partial charge in [-0.15, -0.1) is 0 Å². The topological polar surface area (TPSA) is 78.3 Å². The minimum Gasteiger partial charge on any atom is -0.468 e. The maximum absolute atomic E-state index is 12.3. The maximum Gasteiger partial charge on any atom is 0.261 e. The van der Waals surface area contributed by atoms with E-state index in [1.54, 1.807) is 13.2 Å². The van der Waals surface area contributed by atoms with Crippen LogP contribution >= 0.6 is 0 Å². The van der Waals surface area contributed by atoms with Gasteiger partial charge in [0.25, 0.3) is 11.5 Å². The van der Waals surface area contributed by atoms with Crippen LogP contribution in [0.15, 0.2) is 33.7 Å². The number of nitrogens with one attached hydrogen (secondary N) is 2. The van der Waals surface area contributed by atoms with E-state index in [0.717, 1.165) is 37.5 Å². The molecule has 0 radical (unpaired) electrons. The number of furan rings is 1. The molecule has 3 rings (SSSR count). The molecule has 0 spiro atoms. The van der Waals surface area contributed by atoms with E-state index in [1.807, 2.05) is 25.1 Å². The summed E-state index contributed by atoms with van der Waals surface area (Å²) in [5.41, 5.74) is 1.36. The van der Waals surface area contributed by atoms with Crippen molar-refractivity contribution in [2.75, 3.05) is 19.6 Å². The van der Waals surface area contributed by atoms with Gasteiger partial charge >= 0.3 is 0 Å². The van der Waals surface area contributed by atoms with Crippen molar-refractivity contribution in [3.8, 4) is 0 Å². The van der Waals surface area contributed by atoms with Gasteiger partial charge in [-0.3, -0.25) is 14.5 Å². The first-order valence-electron chi connectivity index (χ1n) is 8.26. The molecule has 24 heavy (non-hydrogen) atoms. The fraction of sp³-hybridized carbons (Fsp3) is 0.444. The lowest BCUT2D eigenvalue weighted by atomic mass is 10.1. The van der Waals surface area contributed by atoms with E-state index in [1.165, 1.54) is 0 Å². The Labute approximate surface area is 140 Å². The molecule has 1 aliphatic heterocycles. The van der Waals surface area contributed by atoms with Gasteiger partial charge in [0.1, 0.15) is 11.3 Å². The van der Waals surface area contributed by atoms with Crippen molar-refractivity contribution in [1.29, 1.82) is 0 Å². The zero-order chi connectivity index (χ0) is 17.1. The first-order chi connectivity index (χ1) is 11.5. The number of nitrogens with zero attached hydrogens (tertiary/aromatic N) is 1. The average Bonchev–Trinajstić information content (AvgIpc) is 3.16. The summed E-state index contributed by atoms with van der Waals surface area (Å²) in [6.07, 6.45) is 2.72. The number of carbonyl (C=O) groups excluding carboxylic acids is 1. The molecule has 1 atom stereocenters. The summed E-state index contributed by atoms with van der Waals surface area (Å²) in [6, 6.07) is 5.68. The standard InChI is InChI=1S/C18H23N3O3/c1-12-8-13(2)20-18(23)16(12)17(22)19-9-14-5-6-21(10-14)11-15-4-3-7-24-15/h3-4,7-8,14H,5-6,9-11H2,1-2H3,(H,19,22)(H,20,23)/t14-/m0/s1. The van der Waals surface area contributed by atoms with Crippen molar-refractivity contribution in [1.82, 2.24) is 15.2 Å². The summed E-state index contributed by atoms with van der Waals surface area (Å²) >= 11 is 0. The summed E-state index contributed by atoms with van der Waals surface area (Å²) < 4.78 is 5.37. The quantitative estimate of drug-likeness (QED) is 0.877. The Hall–Kier alpha value is -2.34. The van der Waals surface area contributed by atoms with Crippen LogP contribution in [0.3, 0.4) is 0 Å². The highest BCUT2D eigenvalue weighted by Crippen LogP contribution is 2.18. The van der Waals surface area contributed by atoms with Crippen LogP contribution in [-0.2, 0) is 6.54 Å². The van der Waals surface area contributed by atoms with E-state index < -0.39 is 0 Å². The summed E-state index contributed by atoms with van der Waals surface area (Å²) in [5, 5.41) is 2.91. The van der Waals surface area contributed by atoms with E-state index in [9.17, 15) is 9.59 Å². The van der Waals surface area contributed by atoms with Gasteiger partial charge in [0, 0.05) is 18.8 Å². The molecule has 6 heteroatoms. The molecule has 0 aromatic carbocycles. The van der Waals surface area contributed by atoms with Gasteiger partial charge in [0.05, 0.1) is 12.8 Å². The Morgan fingerprint density at radius 2 is 2.29 bits per heavy atom. The van der Waals surface area contributed by atoms with Gasteiger partial charge in [0.2, 0.25) is 0 Å². The SMILES string of the molecule is Cc1cc(C)c(C(=O)NC[C@@H]2CCN(Cc3ccco3)C2)c(=O)[nH]1. The monoisotopic (exact) mass is 329 g/mol. The molecule has 6 nitrogen and oxygen atoms in total. The second kappa shape index (κ2) is 7.05. The number of pyridine rings is 1. The number of carbonyl (C=O) groups is 1. The number of aryl methyl sites for hydroxylation is 2. The third kappa shape index (κ3) is 3.76. The summed E-state index contributed by atoms with van der Waals surface area (Å²) in [5.74, 6) is 1.06. The second-order valence-electron chi connectivity index (χ2n) is 6.52. The largest absolute Gasteiger partial charge is 0.468 e. The van der Waals surface area contributed by atoms with Gasteiger partial charge in [-0.1, -0.05) is 0 Å². The molecule has 2 N–H and O–H groups in total. The minimum absolute atomic E-state index is 0.214. The number of H-pyrrole nitrogens is 1. The number of likely N-dealkylation sites (tertiary alicyclic amines) is 1. The van der Waals surface area contributed by atoms with Crippen molar-refractivity contribution in [3.05, 3.63) is 57.4 Å². The van der Waals surface area contributed by atoms with Crippen LogP contribution in [0, 0.1) is 19.8 Å². The number of hydrogen-bond donors (Lipinski definition) is 2. The van der Waals surface area contributed by atoms with E-state index in [2.05, 4.69) is 15.2 Å². The lowest BCUT2D eigenvalue weighted by Gasteiger charge is -2.15. The summed E-state index contributed by atoms with van der Waals surface area (Å²) in [7, 11) is 0. The third-order valence-electron chi connectivity index (χ3n) is 4.47. The van der Waals surface area contributed by atoms with Crippen molar-refractivity contribution in [3.63, 3.8) is 0 Å². The van der Waals surface area contributed by atoms with Gasteiger partial charge < -0.3 is 14.7 Å². The lowest BCUT2D eigenvalue weighted by molar-refractivity contribution is 0.0945. The Morgan fingerprint density at radius 1 is 1.46 bits per heavy atom. The van der Waals surface area contributed by atoms with Gasteiger partial charge in [-0.2, -0.15) is 0 Å². The van der Waals surface area contributed by atoms with Crippen molar-refractivity contribution < 1.29 is 9.21 Å². The molecular weight excluding hydrogens is 306 g/mol. The zero-order valence-corrected chi connectivity index (χ0v) is 14.1. The van der Waals surface area contributed by atoms with Crippen molar-refractivity contribution in [2.45, 2.75) is 26.8 Å². The molecular formula is C18H23N3O3. The van der Waals surface area contributed by atoms with Gasteiger partial charge in [0.15, 0.2) is 0 Å². The number of hydrogen-bond acceptors (Lipinski definition) is 4. The minimum atomic E-state index is -0.323. The molecule has 1 amide bonds. The lowest BCUT2D eigenvalue weighted by Crippen LogP contribution is -2.35. The summed E-state index contributed by atoms with van der Waals surface area (Å²) in [4.78, 5) is 29.3. The maximum atomic E-state index is 12.3. The molecule has 1 fully saturated rings. The van der Waals surface area contributed by atoms with Crippen LogP contribution in [0.2, 0.25) is 0 Å². The Balaban J connectivity index is 1.53. The van der Waals surface area contributed by atoms with E-state index >= 15 is 0 Å². The fourth-order valence-electron chi connectivity index (χ4n) is 3.31. The molecule has 0 bridgehead atoms. The Morgan fingerprint density at radius 3 is 3.00 bits per heavy atom. The Kier molecular flexibility index (Phi) is 4.85. The number of amides is 1. The first-order valence-corrected chi connectivity index (χ1v) is 8.26. The highest BCUT2D eigenvalue weighted by Gasteiger charge is 2.24. The predicted molar refractivity (Wildman–Crippen MR) is 91.0 cm³/mol. The van der Waals surface area contributed by atoms with Crippen LogP contribution in [0.1, 0.15) is 33.8 Å². The van der Waals surface area contributed by atoms with Crippen molar-refractivity contribution in [2.24, 2.45) is 5.92 Å². The molecule has 3 heterocycles. The molecule has 2 aromatic heterocycles. The van der Waals surface area contributed by atoms with Gasteiger partial charge in [-0.25, -0.2) is 0 Å². The molecule has 1 aliphatic rings. The number of aromatic nitrogens is 1. The van der Waals surface area contributed by atoms with Crippen LogP contribution in [0.25, 0.3) is 0 Å². The normalized spacial score (nSPS) is 18.0. The number of aromatic amines is 1. The highest BCUT2D eigenvalue weighted by atomic mass is 16.3. The zero-order valence-electron chi connectivity index (χ0n) is 14.1. The molecule has 0 saturated carbocycles. The van der Waals surface area contributed by atoms with E-state index in [4.69, 9.17) is 4.42 Å². The van der Waals surface area contributed by atoms with Crippen LogP contribution in [0.5, 0.6) is 0 Å². The van der Waals surface area contributed by atoms with Crippen molar-refractivity contribution >= 4 is 5.91 Å². The smallest absolute Gasteiger partial charge is 0.261 e. The van der Waals surface area contributed by atoms with Crippen LogP contribution in [-0.4, -0.2) is 35.4 Å². The fourth-order valence-corrected chi connectivity index (χ4v) is 3.31. The average molecular weight is 329 g/mol. The van der Waals surface area contributed by atoms with Crippen LogP contribution in [0.4, 0.5) is 0 Å². The summed E-state index contributed by atoms with van der Waals surface area (Å²) in [6.45, 7) is 6.89. The molecule has 1 saturated heterocycles. The van der Waals surface area contributed by atoms with E-state index in [0.29, 0.717) is 18.0 Å². The third-order valence-corrected chi connectivity index (χ3v) is 4.47. The highest BCUT2D eigenvalue weighted by molar-refractivity contribution is 5.95. The molecule has 2 aromatic rings. The second-order valence-corrected chi connectivity index (χ2v) is 6.52. The number of rotatable bonds is 5. The van der Waals surface area contributed by atoms with E-state index in [-0.39, 0.29) is 17.0 Å².